The third kappa shape index (κ3) is 3.69. The number of hydrazine groups is 1. The van der Waals surface area contributed by atoms with Gasteiger partial charge in [-0.25, -0.2) is 10.5 Å². The van der Waals surface area contributed by atoms with Gasteiger partial charge in [0.05, 0.1) is 28.8 Å². The van der Waals surface area contributed by atoms with Crippen molar-refractivity contribution in [2.45, 2.75) is 0 Å². The number of aromatic nitrogens is 4. The summed E-state index contributed by atoms with van der Waals surface area (Å²) in [6.45, 7) is 8.35. The number of nitrogens with two attached hydrogens (primary N) is 1. The van der Waals surface area contributed by atoms with Gasteiger partial charge >= 0.3 is 0 Å². The molecule has 142 valence electrons. The molecule has 0 aliphatic heterocycles. The number of fused-ring (bicyclic) bond motifs is 1. The molecule has 0 radical (unpaired) electrons. The molecule has 4 aromatic rings. The Morgan fingerprint density at radius 1 is 0.966 bits per heavy atom. The van der Waals surface area contributed by atoms with Crippen molar-refractivity contribution in [2.24, 2.45) is 5.84 Å². The van der Waals surface area contributed by atoms with Crippen LogP contribution >= 0.6 is 0 Å². The maximum absolute atomic E-state index is 6.07. The second kappa shape index (κ2) is 7.92. The molecule has 0 unspecified atom stereocenters. The number of benzene rings is 1. The van der Waals surface area contributed by atoms with Gasteiger partial charge in [-0.3, -0.25) is 15.0 Å². The number of rotatable bonds is 6. The van der Waals surface area contributed by atoms with E-state index in [2.05, 4.69) is 28.2 Å². The molecule has 0 spiro atoms. The van der Waals surface area contributed by atoms with Crippen molar-refractivity contribution in [1.29, 1.82) is 0 Å². The van der Waals surface area contributed by atoms with Crippen LogP contribution in [0, 0.1) is 0 Å². The molecular weight excluding hydrogens is 360 g/mol. The van der Waals surface area contributed by atoms with Crippen LogP contribution in [0.15, 0.2) is 104 Å². The van der Waals surface area contributed by atoms with Crippen LogP contribution in [-0.4, -0.2) is 19.7 Å². The summed E-state index contributed by atoms with van der Waals surface area (Å²) >= 11 is 0. The Balaban J connectivity index is 1.61. The van der Waals surface area contributed by atoms with Gasteiger partial charge in [-0.2, -0.15) is 5.10 Å². The van der Waals surface area contributed by atoms with E-state index in [0.717, 1.165) is 39.1 Å². The Hall–Kier alpha value is -4.03. The molecule has 2 N–H and O–H groups in total. The normalized spacial score (nSPS) is 11.1. The van der Waals surface area contributed by atoms with E-state index in [1.165, 1.54) is 5.01 Å². The zero-order valence-electron chi connectivity index (χ0n) is 15.8. The van der Waals surface area contributed by atoms with Crippen LogP contribution in [0.5, 0.6) is 0 Å². The molecule has 29 heavy (non-hydrogen) atoms. The van der Waals surface area contributed by atoms with Gasteiger partial charge in [-0.1, -0.05) is 31.4 Å². The predicted molar refractivity (Wildman–Crippen MR) is 117 cm³/mol. The van der Waals surface area contributed by atoms with Gasteiger partial charge in [-0.15, -0.1) is 0 Å². The quantitative estimate of drug-likeness (QED) is 0.307. The fraction of sp³-hybridized carbons (Fsp3) is 0. The first kappa shape index (κ1) is 18.3. The maximum atomic E-state index is 6.07. The van der Waals surface area contributed by atoms with Crippen molar-refractivity contribution in [3.05, 3.63) is 110 Å². The average Bonchev–Trinajstić information content (AvgIpc) is 3.26. The number of nitrogens with zero attached hydrogens (tertiary/aromatic N) is 5. The third-order valence-electron chi connectivity index (χ3n) is 4.58. The molecule has 4 rings (SSSR count). The van der Waals surface area contributed by atoms with Gasteiger partial charge in [0.15, 0.2) is 0 Å². The second-order valence-corrected chi connectivity index (χ2v) is 6.41. The van der Waals surface area contributed by atoms with E-state index in [9.17, 15) is 0 Å². The zero-order valence-corrected chi connectivity index (χ0v) is 15.8. The lowest BCUT2D eigenvalue weighted by Gasteiger charge is -2.14. The van der Waals surface area contributed by atoms with E-state index in [-0.39, 0.29) is 0 Å². The van der Waals surface area contributed by atoms with Crippen LogP contribution in [0.2, 0.25) is 0 Å². The maximum Gasteiger partial charge on any atom is 0.0959 e. The van der Waals surface area contributed by atoms with Crippen LogP contribution in [0.1, 0.15) is 5.69 Å². The highest BCUT2D eigenvalue weighted by molar-refractivity contribution is 5.87. The number of para-hydroxylation sites is 1. The lowest BCUT2D eigenvalue weighted by atomic mass is 10.1. The topological polar surface area (TPSA) is 72.9 Å². The van der Waals surface area contributed by atoms with E-state index in [0.29, 0.717) is 0 Å². The molecule has 0 saturated heterocycles. The Kier molecular flexibility index (Phi) is 5.01. The van der Waals surface area contributed by atoms with Crippen LogP contribution in [0.25, 0.3) is 22.2 Å². The summed E-state index contributed by atoms with van der Waals surface area (Å²) in [5.41, 5.74) is 4.89. The minimum absolute atomic E-state index is 0.726. The van der Waals surface area contributed by atoms with Crippen molar-refractivity contribution < 1.29 is 0 Å². The highest BCUT2D eigenvalue weighted by Gasteiger charge is 2.13. The van der Waals surface area contributed by atoms with Gasteiger partial charge in [0.2, 0.25) is 0 Å². The molecular formula is C23H20N6. The SMILES string of the molecule is C=C(/C=C\N(N)c1ccncc1)C(=C)c1ccnn1-c1cccc2cccnc12. The van der Waals surface area contributed by atoms with Crippen molar-refractivity contribution in [1.82, 2.24) is 19.7 Å². The minimum Gasteiger partial charge on any atom is -0.287 e. The molecule has 0 aliphatic rings. The first-order valence-corrected chi connectivity index (χ1v) is 9.04. The summed E-state index contributed by atoms with van der Waals surface area (Å²) < 4.78 is 1.83. The van der Waals surface area contributed by atoms with E-state index < -0.39 is 0 Å². The summed E-state index contributed by atoms with van der Waals surface area (Å²) in [6.07, 6.45) is 10.5. The van der Waals surface area contributed by atoms with Gasteiger partial charge in [0.25, 0.3) is 0 Å². The van der Waals surface area contributed by atoms with Crippen molar-refractivity contribution >= 4 is 22.2 Å². The zero-order chi connectivity index (χ0) is 20.2. The number of pyridine rings is 2. The molecule has 0 atom stereocenters. The molecule has 1 aromatic carbocycles. The first-order valence-electron chi connectivity index (χ1n) is 9.04. The monoisotopic (exact) mass is 380 g/mol. The van der Waals surface area contributed by atoms with Crippen LogP contribution in [0.3, 0.4) is 0 Å². The fourth-order valence-corrected chi connectivity index (χ4v) is 3.02. The van der Waals surface area contributed by atoms with Gasteiger partial charge in [0, 0.05) is 30.2 Å². The molecule has 6 heteroatoms. The van der Waals surface area contributed by atoms with Crippen LogP contribution in [-0.2, 0) is 0 Å². The molecule has 6 nitrogen and oxygen atoms in total. The van der Waals surface area contributed by atoms with E-state index in [4.69, 9.17) is 5.84 Å². The molecule has 0 aliphatic carbocycles. The molecule has 0 saturated carbocycles. The standard InChI is InChI=1S/C23H20N6/c1-17(11-16-28(24)20-8-13-25-14-9-20)18(2)21-10-15-27-29(21)22-7-3-5-19-6-4-12-26-23(19)22/h3-16H,1-2,24H2/b16-11-. The molecule has 0 fully saturated rings. The molecule has 0 bridgehead atoms. The summed E-state index contributed by atoms with van der Waals surface area (Å²) in [7, 11) is 0. The molecule has 3 aromatic heterocycles. The van der Waals surface area contributed by atoms with E-state index in [1.807, 2.05) is 59.3 Å². The number of anilines is 1. The molecule has 3 heterocycles. The smallest absolute Gasteiger partial charge is 0.0959 e. The van der Waals surface area contributed by atoms with E-state index in [1.54, 1.807) is 31.0 Å². The van der Waals surface area contributed by atoms with Crippen molar-refractivity contribution in [3.8, 4) is 5.69 Å². The Labute approximate surface area is 168 Å². The molecule has 0 amide bonds. The average molecular weight is 380 g/mol. The van der Waals surface area contributed by atoms with Crippen molar-refractivity contribution in [2.75, 3.05) is 5.01 Å². The highest BCUT2D eigenvalue weighted by Crippen LogP contribution is 2.26. The summed E-state index contributed by atoms with van der Waals surface area (Å²) in [6, 6.07) is 15.5. The minimum atomic E-state index is 0.726. The van der Waals surface area contributed by atoms with E-state index >= 15 is 0 Å². The fourth-order valence-electron chi connectivity index (χ4n) is 3.02. The lowest BCUT2D eigenvalue weighted by molar-refractivity contribution is 0.872. The van der Waals surface area contributed by atoms with Gasteiger partial charge in [-0.05, 0) is 47.6 Å². The number of allylic oxidation sites excluding steroid dienone is 3. The Bertz CT molecular complexity index is 1200. The number of hydrogen-bond donors (Lipinski definition) is 1. The third-order valence-corrected chi connectivity index (χ3v) is 4.58. The first-order chi connectivity index (χ1) is 14.1. The largest absolute Gasteiger partial charge is 0.287 e. The second-order valence-electron chi connectivity index (χ2n) is 6.41. The van der Waals surface area contributed by atoms with Gasteiger partial charge < -0.3 is 0 Å². The Morgan fingerprint density at radius 3 is 2.59 bits per heavy atom. The van der Waals surface area contributed by atoms with Gasteiger partial charge in [0.1, 0.15) is 0 Å². The Morgan fingerprint density at radius 2 is 1.76 bits per heavy atom. The number of hydrogen-bond acceptors (Lipinski definition) is 5. The summed E-state index contributed by atoms with van der Waals surface area (Å²) in [5, 5.41) is 7.05. The lowest BCUT2D eigenvalue weighted by Crippen LogP contribution is -2.23. The predicted octanol–water partition coefficient (Wildman–Crippen LogP) is 4.28. The summed E-state index contributed by atoms with van der Waals surface area (Å²) in [5.74, 6) is 6.07. The van der Waals surface area contributed by atoms with Crippen LogP contribution in [0.4, 0.5) is 5.69 Å². The highest BCUT2D eigenvalue weighted by atomic mass is 15.4. The van der Waals surface area contributed by atoms with Crippen molar-refractivity contribution in [3.63, 3.8) is 0 Å². The summed E-state index contributed by atoms with van der Waals surface area (Å²) in [4.78, 5) is 8.51. The van der Waals surface area contributed by atoms with Crippen LogP contribution < -0.4 is 10.9 Å².